The van der Waals surface area contributed by atoms with Gasteiger partial charge in [0.2, 0.25) is 0 Å². The molecule has 0 aromatic heterocycles. The summed E-state index contributed by atoms with van der Waals surface area (Å²) in [7, 11) is -2.17. The molecule has 6 heteroatoms. The van der Waals surface area contributed by atoms with Gasteiger partial charge in [0.05, 0.1) is 0 Å². The van der Waals surface area contributed by atoms with E-state index in [0.717, 1.165) is 5.02 Å². The molecule has 0 saturated carbocycles. The molecule has 0 aliphatic rings. The van der Waals surface area contributed by atoms with E-state index in [2.05, 4.69) is 6.07 Å². The van der Waals surface area contributed by atoms with Crippen LogP contribution in [0, 0.1) is 6.07 Å². The Morgan fingerprint density at radius 1 is 1.17 bits per heavy atom. The Morgan fingerprint density at radius 2 is 1.50 bits per heavy atom. The van der Waals surface area contributed by atoms with Crippen molar-refractivity contribution < 1.29 is 66.5 Å². The van der Waals surface area contributed by atoms with Crippen molar-refractivity contribution in [1.29, 1.82) is 0 Å². The van der Waals surface area contributed by atoms with Crippen molar-refractivity contribution in [3.63, 3.8) is 0 Å². The van der Waals surface area contributed by atoms with Gasteiger partial charge in [-0.3, -0.25) is 0 Å². The molecule has 3 nitrogen and oxygen atoms in total. The SMILES string of the molecule is Clc1cc[c-]cc1.OB(O)O.[K+]. The second-order valence-corrected chi connectivity index (χ2v) is 2.00. The summed E-state index contributed by atoms with van der Waals surface area (Å²) in [6.45, 7) is 0. The minimum Gasteiger partial charge on any atom is -0.402 e. The van der Waals surface area contributed by atoms with Gasteiger partial charge in [-0.25, -0.2) is 0 Å². The van der Waals surface area contributed by atoms with E-state index < -0.39 is 7.32 Å². The quantitative estimate of drug-likeness (QED) is 0.319. The molecule has 0 bridgehead atoms. The fourth-order valence-electron chi connectivity index (χ4n) is 0.367. The molecule has 0 atom stereocenters. The molecule has 0 radical (unpaired) electrons. The molecular weight excluding hydrogens is 205 g/mol. The largest absolute Gasteiger partial charge is 1.00 e. The monoisotopic (exact) mass is 212 g/mol. The molecule has 1 rings (SSSR count). The molecule has 1 aromatic rings. The third-order valence-corrected chi connectivity index (χ3v) is 0.930. The molecule has 0 heterocycles. The third-order valence-electron chi connectivity index (χ3n) is 0.678. The van der Waals surface area contributed by atoms with Crippen LogP contribution < -0.4 is 51.4 Å². The van der Waals surface area contributed by atoms with Crippen LogP contribution in [0.25, 0.3) is 0 Å². The molecule has 0 spiro atoms. The van der Waals surface area contributed by atoms with Crippen LogP contribution in [0.1, 0.15) is 0 Å². The zero-order valence-electron chi connectivity index (χ0n) is 6.61. The minimum absolute atomic E-state index is 0. The Balaban J connectivity index is 0. The summed E-state index contributed by atoms with van der Waals surface area (Å²) in [5, 5.41) is 22.3. The summed E-state index contributed by atoms with van der Waals surface area (Å²) < 4.78 is 0. The van der Waals surface area contributed by atoms with E-state index >= 15 is 0 Å². The molecule has 3 N–H and O–H groups in total. The summed E-state index contributed by atoms with van der Waals surface area (Å²) in [6, 6.07) is 10.00. The van der Waals surface area contributed by atoms with Gasteiger partial charge in [-0.1, -0.05) is 5.02 Å². The average molecular weight is 212 g/mol. The van der Waals surface area contributed by atoms with Crippen molar-refractivity contribution in [1.82, 2.24) is 0 Å². The summed E-state index contributed by atoms with van der Waals surface area (Å²) in [6.07, 6.45) is 0. The summed E-state index contributed by atoms with van der Waals surface area (Å²) in [4.78, 5) is 0. The maximum atomic E-state index is 7.17. The van der Waals surface area contributed by atoms with Crippen molar-refractivity contribution >= 4 is 18.9 Å². The third kappa shape index (κ3) is 13.7. The van der Waals surface area contributed by atoms with Gasteiger partial charge < -0.3 is 15.1 Å². The Morgan fingerprint density at radius 3 is 1.67 bits per heavy atom. The van der Waals surface area contributed by atoms with Crippen LogP contribution in [0.3, 0.4) is 0 Å². The van der Waals surface area contributed by atoms with Crippen molar-refractivity contribution in [3.05, 3.63) is 35.4 Å². The Labute approximate surface area is 119 Å². The standard InChI is InChI=1S/C6H4Cl.BH3O3.K/c7-6-4-2-1-3-5-6;2-1(3)4;/h2-5H;2-4H;/q-1;;+1. The van der Waals surface area contributed by atoms with E-state index in [-0.39, 0.29) is 51.4 Å². The molecule has 12 heavy (non-hydrogen) atoms. The molecule has 60 valence electrons. The molecular formula is C6H7BClKO3. The topological polar surface area (TPSA) is 60.7 Å². The van der Waals surface area contributed by atoms with Crippen molar-refractivity contribution in [3.8, 4) is 0 Å². The van der Waals surface area contributed by atoms with Gasteiger partial charge in [0.25, 0.3) is 0 Å². The first-order valence-electron chi connectivity index (χ1n) is 2.78. The van der Waals surface area contributed by atoms with E-state index in [1.807, 2.05) is 0 Å². The molecule has 0 fully saturated rings. The van der Waals surface area contributed by atoms with Crippen LogP contribution in [0.5, 0.6) is 0 Å². The van der Waals surface area contributed by atoms with Crippen LogP contribution >= 0.6 is 11.6 Å². The fourth-order valence-corrected chi connectivity index (χ4v) is 0.493. The second kappa shape index (κ2) is 10.2. The Kier molecular flexibility index (Phi) is 13.2. The smallest absolute Gasteiger partial charge is 0.402 e. The zero-order chi connectivity index (χ0) is 8.69. The van der Waals surface area contributed by atoms with Gasteiger partial charge in [0, 0.05) is 0 Å². The molecule has 1 aromatic carbocycles. The van der Waals surface area contributed by atoms with Gasteiger partial charge >= 0.3 is 58.7 Å². The van der Waals surface area contributed by atoms with Crippen molar-refractivity contribution in [2.45, 2.75) is 0 Å². The van der Waals surface area contributed by atoms with Crippen LogP contribution in [0.4, 0.5) is 0 Å². The maximum absolute atomic E-state index is 7.17. The molecule has 0 aliphatic carbocycles. The molecule has 0 amide bonds. The number of halogens is 1. The first-order chi connectivity index (χ1) is 5.13. The maximum Gasteiger partial charge on any atom is 1.00 e. The van der Waals surface area contributed by atoms with Crippen molar-refractivity contribution in [2.75, 3.05) is 0 Å². The summed E-state index contributed by atoms with van der Waals surface area (Å²) in [5.74, 6) is 0. The normalized spacial score (nSPS) is 7.33. The average Bonchev–Trinajstić information content (AvgIpc) is 1.87. The predicted octanol–water partition coefficient (Wildman–Crippen LogP) is -2.91. The van der Waals surface area contributed by atoms with Gasteiger partial charge in [0.1, 0.15) is 0 Å². The first-order valence-corrected chi connectivity index (χ1v) is 3.16. The van der Waals surface area contributed by atoms with Crippen LogP contribution in [-0.4, -0.2) is 22.4 Å². The van der Waals surface area contributed by atoms with E-state index in [0.29, 0.717) is 0 Å². The number of hydrogen-bond donors (Lipinski definition) is 3. The van der Waals surface area contributed by atoms with Gasteiger partial charge in [-0.15, -0.1) is 11.6 Å². The van der Waals surface area contributed by atoms with Crippen LogP contribution in [0.15, 0.2) is 24.3 Å². The van der Waals surface area contributed by atoms with Crippen LogP contribution in [-0.2, 0) is 0 Å². The Bertz CT molecular complexity index is 183. The minimum atomic E-state index is -2.17. The Hall–Kier alpha value is 1.09. The van der Waals surface area contributed by atoms with E-state index in [1.165, 1.54) is 0 Å². The van der Waals surface area contributed by atoms with Gasteiger partial charge in [0.15, 0.2) is 0 Å². The van der Waals surface area contributed by atoms with Gasteiger partial charge in [-0.2, -0.15) is 30.3 Å². The van der Waals surface area contributed by atoms with Crippen LogP contribution in [0.2, 0.25) is 5.02 Å². The molecule has 0 saturated heterocycles. The number of rotatable bonds is 0. The van der Waals surface area contributed by atoms with E-state index in [1.54, 1.807) is 24.3 Å². The predicted molar refractivity (Wildman–Crippen MR) is 42.7 cm³/mol. The summed E-state index contributed by atoms with van der Waals surface area (Å²) >= 11 is 5.52. The van der Waals surface area contributed by atoms with E-state index in [9.17, 15) is 0 Å². The number of hydrogen-bond acceptors (Lipinski definition) is 3. The summed E-state index contributed by atoms with van der Waals surface area (Å²) in [5.41, 5.74) is 0. The van der Waals surface area contributed by atoms with Gasteiger partial charge in [-0.05, 0) is 0 Å². The van der Waals surface area contributed by atoms with E-state index in [4.69, 9.17) is 26.7 Å². The zero-order valence-corrected chi connectivity index (χ0v) is 10.5. The first kappa shape index (κ1) is 15.6. The number of benzene rings is 1. The molecule has 0 aliphatic heterocycles. The molecule has 0 unspecified atom stereocenters. The fraction of sp³-hybridized carbons (Fsp3) is 0. The van der Waals surface area contributed by atoms with Crippen molar-refractivity contribution in [2.24, 2.45) is 0 Å². The second-order valence-electron chi connectivity index (χ2n) is 1.56.